The van der Waals surface area contributed by atoms with Gasteiger partial charge in [-0.2, -0.15) is 0 Å². The van der Waals surface area contributed by atoms with Gasteiger partial charge in [0, 0.05) is 12.2 Å². The van der Waals surface area contributed by atoms with E-state index in [2.05, 4.69) is 28.4 Å². The summed E-state index contributed by atoms with van der Waals surface area (Å²) in [6, 6.07) is 0. The maximum atomic E-state index is 10.9. The Bertz CT molecular complexity index is 502. The summed E-state index contributed by atoms with van der Waals surface area (Å²) >= 11 is 0. The first kappa shape index (κ1) is 16.3. The molecule has 0 amide bonds. The van der Waals surface area contributed by atoms with Gasteiger partial charge in [0.05, 0.1) is 7.11 Å². The Morgan fingerprint density at radius 3 is 2.37 bits per heavy atom. The molecule has 0 aromatic carbocycles. The number of hydrogen-bond donors (Lipinski definition) is 0. The number of ether oxygens (including phenoxy) is 2. The van der Waals surface area contributed by atoms with Crippen molar-refractivity contribution in [3.63, 3.8) is 0 Å². The van der Waals surface area contributed by atoms with E-state index >= 15 is 0 Å². The molecule has 0 radical (unpaired) electrons. The molecule has 0 N–H and O–H groups in total. The molecule has 19 heavy (non-hydrogen) atoms. The highest BCUT2D eigenvalue weighted by Gasteiger charge is 1.90. The summed E-state index contributed by atoms with van der Waals surface area (Å²) in [5.74, 6) is 9.35. The normalized spacial score (nSPS) is 9.79. The number of methoxy groups -OCH3 is 1. The Morgan fingerprint density at radius 1 is 1.05 bits per heavy atom. The molecule has 0 atom stereocenters. The van der Waals surface area contributed by atoms with Crippen LogP contribution in [0.15, 0.2) is 36.5 Å². The number of carbonyl (C=O) groups excluding carboxylic acids is 2. The Hall–Kier alpha value is -2.72. The van der Waals surface area contributed by atoms with Gasteiger partial charge in [-0.1, -0.05) is 17.9 Å². The zero-order valence-electron chi connectivity index (χ0n) is 10.8. The molecule has 0 aromatic heterocycles. The number of rotatable bonds is 4. The number of hydrogen-bond acceptors (Lipinski definition) is 4. The van der Waals surface area contributed by atoms with Crippen LogP contribution < -0.4 is 0 Å². The van der Waals surface area contributed by atoms with E-state index in [9.17, 15) is 9.59 Å². The van der Waals surface area contributed by atoms with Crippen molar-refractivity contribution >= 4 is 11.9 Å². The average molecular weight is 258 g/mol. The number of allylic oxidation sites excluding steroid dienone is 3. The van der Waals surface area contributed by atoms with Crippen LogP contribution in [0.5, 0.6) is 0 Å². The highest BCUT2D eigenvalue weighted by atomic mass is 16.5. The van der Waals surface area contributed by atoms with Crippen molar-refractivity contribution in [3.8, 4) is 23.7 Å². The molecule has 0 aliphatic heterocycles. The minimum atomic E-state index is -0.468. The molecule has 4 nitrogen and oxygen atoms in total. The predicted octanol–water partition coefficient (Wildman–Crippen LogP) is 1.40. The summed E-state index contributed by atoms with van der Waals surface area (Å²) in [5, 5.41) is 0. The Labute approximate surface area is 112 Å². The third kappa shape index (κ3) is 11.5. The van der Waals surface area contributed by atoms with Crippen molar-refractivity contribution in [2.24, 2.45) is 0 Å². The van der Waals surface area contributed by atoms with E-state index in [-0.39, 0.29) is 6.61 Å². The van der Waals surface area contributed by atoms with Gasteiger partial charge in [-0.25, -0.2) is 9.59 Å². The molecule has 4 heteroatoms. The molecule has 0 saturated heterocycles. The highest BCUT2D eigenvalue weighted by molar-refractivity contribution is 5.82. The molecule has 0 aliphatic rings. The van der Waals surface area contributed by atoms with Crippen molar-refractivity contribution < 1.29 is 19.1 Å². The summed E-state index contributed by atoms with van der Waals surface area (Å²) < 4.78 is 9.16. The molecule has 0 unspecified atom stereocenters. The second-order valence-electron chi connectivity index (χ2n) is 2.93. The summed E-state index contributed by atoms with van der Waals surface area (Å²) in [6.07, 6.45) is 8.61. The number of carbonyl (C=O) groups is 2. The van der Waals surface area contributed by atoms with E-state index in [1.807, 2.05) is 0 Å². The topological polar surface area (TPSA) is 52.6 Å². The third-order valence-corrected chi connectivity index (χ3v) is 1.54. The minimum Gasteiger partial charge on any atom is -0.466 e. The highest BCUT2D eigenvalue weighted by Crippen LogP contribution is 1.82. The first-order valence-corrected chi connectivity index (χ1v) is 5.40. The van der Waals surface area contributed by atoms with Gasteiger partial charge in [-0.15, -0.1) is 0 Å². The molecule has 0 fully saturated rings. The minimum absolute atomic E-state index is 0.160. The van der Waals surface area contributed by atoms with Crippen molar-refractivity contribution in [1.29, 1.82) is 0 Å². The van der Waals surface area contributed by atoms with Gasteiger partial charge < -0.3 is 9.47 Å². The van der Waals surface area contributed by atoms with Gasteiger partial charge in [-0.05, 0) is 37.0 Å². The molecular weight excluding hydrogens is 244 g/mol. The summed E-state index contributed by atoms with van der Waals surface area (Å²) in [4.78, 5) is 21.5. The lowest BCUT2D eigenvalue weighted by atomic mass is 10.4. The lowest BCUT2D eigenvalue weighted by molar-refractivity contribution is -0.136. The largest absolute Gasteiger partial charge is 0.466 e. The maximum Gasteiger partial charge on any atom is 0.331 e. The van der Waals surface area contributed by atoms with Gasteiger partial charge in [0.15, 0.2) is 0 Å². The Balaban J connectivity index is 3.93. The van der Waals surface area contributed by atoms with Crippen LogP contribution >= 0.6 is 0 Å². The van der Waals surface area contributed by atoms with Crippen LogP contribution in [0.3, 0.4) is 0 Å². The quantitative estimate of drug-likeness (QED) is 0.434. The molecule has 98 valence electrons. The average Bonchev–Trinajstić information content (AvgIpc) is 2.40. The molecular formula is C15H14O4. The second kappa shape index (κ2) is 11.8. The predicted molar refractivity (Wildman–Crippen MR) is 71.6 cm³/mol. The fourth-order valence-corrected chi connectivity index (χ4v) is 0.755. The second-order valence-corrected chi connectivity index (χ2v) is 2.93. The SMILES string of the molecule is C/C=C\C(=O)OC/C=C\C#CC#C/C=C\C(=O)OC. The van der Waals surface area contributed by atoms with Gasteiger partial charge in [0.1, 0.15) is 6.61 Å². The lowest BCUT2D eigenvalue weighted by Crippen LogP contribution is -1.99. The van der Waals surface area contributed by atoms with E-state index in [0.29, 0.717) is 0 Å². The van der Waals surface area contributed by atoms with E-state index in [1.54, 1.807) is 19.1 Å². The van der Waals surface area contributed by atoms with Crippen molar-refractivity contribution in [2.45, 2.75) is 6.92 Å². The molecule has 0 aliphatic carbocycles. The fourth-order valence-electron chi connectivity index (χ4n) is 0.755. The Kier molecular flexibility index (Phi) is 10.1. The van der Waals surface area contributed by atoms with Crippen LogP contribution in [0.25, 0.3) is 0 Å². The van der Waals surface area contributed by atoms with Crippen LogP contribution in [0, 0.1) is 23.7 Å². The van der Waals surface area contributed by atoms with Crippen molar-refractivity contribution in [2.75, 3.05) is 13.7 Å². The van der Waals surface area contributed by atoms with E-state index in [4.69, 9.17) is 4.74 Å². The van der Waals surface area contributed by atoms with Crippen LogP contribution in [0.1, 0.15) is 6.92 Å². The van der Waals surface area contributed by atoms with Crippen LogP contribution in [-0.2, 0) is 19.1 Å². The van der Waals surface area contributed by atoms with Crippen molar-refractivity contribution in [3.05, 3.63) is 36.5 Å². The Morgan fingerprint density at radius 2 is 1.74 bits per heavy atom. The third-order valence-electron chi connectivity index (χ3n) is 1.54. The van der Waals surface area contributed by atoms with Gasteiger partial charge in [0.2, 0.25) is 0 Å². The maximum absolute atomic E-state index is 10.9. The number of esters is 2. The summed E-state index contributed by atoms with van der Waals surface area (Å²) in [6.45, 7) is 1.89. The van der Waals surface area contributed by atoms with E-state index in [0.717, 1.165) is 0 Å². The molecule has 0 aromatic rings. The van der Waals surface area contributed by atoms with Crippen LogP contribution in [0.4, 0.5) is 0 Å². The standard InChI is InChI=1S/C15H14O4/c1-3-11-15(17)19-13-10-8-6-4-5-7-9-12-14(16)18-2/h3,8-12H,13H2,1-2H3/b10-8-,11-3-,12-9-. The molecule has 0 heterocycles. The molecule has 0 bridgehead atoms. The lowest BCUT2D eigenvalue weighted by Gasteiger charge is -1.93. The zero-order chi connectivity index (χ0) is 14.3. The van der Waals surface area contributed by atoms with Crippen molar-refractivity contribution in [1.82, 2.24) is 0 Å². The van der Waals surface area contributed by atoms with Gasteiger partial charge >= 0.3 is 11.9 Å². The van der Waals surface area contributed by atoms with Gasteiger partial charge in [0.25, 0.3) is 0 Å². The monoisotopic (exact) mass is 258 g/mol. The van der Waals surface area contributed by atoms with Gasteiger partial charge in [-0.3, -0.25) is 0 Å². The fraction of sp³-hybridized carbons (Fsp3) is 0.200. The smallest absolute Gasteiger partial charge is 0.331 e. The summed E-state index contributed by atoms with van der Waals surface area (Å²) in [5.41, 5.74) is 0. The molecule has 0 rings (SSSR count). The summed E-state index contributed by atoms with van der Waals surface area (Å²) in [7, 11) is 1.29. The first-order valence-electron chi connectivity index (χ1n) is 5.40. The van der Waals surface area contributed by atoms with Crippen LogP contribution in [0.2, 0.25) is 0 Å². The zero-order valence-corrected chi connectivity index (χ0v) is 10.8. The molecule has 0 saturated carbocycles. The van der Waals surface area contributed by atoms with E-state index < -0.39 is 11.9 Å². The van der Waals surface area contributed by atoms with E-state index in [1.165, 1.54) is 31.4 Å². The first-order chi connectivity index (χ1) is 9.20. The van der Waals surface area contributed by atoms with Crippen LogP contribution in [-0.4, -0.2) is 25.7 Å². The molecule has 0 spiro atoms.